The summed E-state index contributed by atoms with van der Waals surface area (Å²) in [5, 5.41) is 6.73. The predicted molar refractivity (Wildman–Crippen MR) is 73.5 cm³/mol. The van der Waals surface area contributed by atoms with E-state index in [1.165, 1.54) is 23.8 Å². The molecule has 2 aromatic rings. The third-order valence-electron chi connectivity index (χ3n) is 3.64. The van der Waals surface area contributed by atoms with Crippen LogP contribution in [0.25, 0.3) is 10.8 Å². The fourth-order valence-electron chi connectivity index (χ4n) is 2.63. The van der Waals surface area contributed by atoms with Crippen molar-refractivity contribution in [2.75, 3.05) is 7.05 Å². The van der Waals surface area contributed by atoms with Crippen molar-refractivity contribution in [3.63, 3.8) is 0 Å². The summed E-state index contributed by atoms with van der Waals surface area (Å²) in [7, 11) is 2.05. The fourth-order valence-corrected chi connectivity index (χ4v) is 2.86. The Morgan fingerprint density at radius 3 is 2.47 bits per heavy atom. The molecule has 0 aliphatic heterocycles. The van der Waals surface area contributed by atoms with Gasteiger partial charge < -0.3 is 5.32 Å². The smallest absolute Gasteiger partial charge is 0.0484 e. The Hall–Kier alpha value is -1.05. The fraction of sp³-hybridized carbons (Fsp3) is 0.333. The van der Waals surface area contributed by atoms with Crippen molar-refractivity contribution in [2.24, 2.45) is 5.92 Å². The zero-order chi connectivity index (χ0) is 11.8. The summed E-state index contributed by atoms with van der Waals surface area (Å²) in [6.45, 7) is 0. The van der Waals surface area contributed by atoms with Crippen LogP contribution >= 0.6 is 11.6 Å². The summed E-state index contributed by atoms with van der Waals surface area (Å²) in [5.41, 5.74) is 1.38. The van der Waals surface area contributed by atoms with Gasteiger partial charge in [0.2, 0.25) is 0 Å². The lowest BCUT2D eigenvalue weighted by Crippen LogP contribution is -2.18. The highest BCUT2D eigenvalue weighted by molar-refractivity contribution is 6.35. The van der Waals surface area contributed by atoms with Gasteiger partial charge in [-0.3, -0.25) is 0 Å². The van der Waals surface area contributed by atoms with Crippen LogP contribution in [-0.4, -0.2) is 7.05 Å². The highest BCUT2D eigenvalue weighted by atomic mass is 35.5. The van der Waals surface area contributed by atoms with Gasteiger partial charge in [-0.25, -0.2) is 0 Å². The van der Waals surface area contributed by atoms with E-state index in [1.807, 2.05) is 19.2 Å². The SMILES string of the molecule is CNC(c1ccc(Cl)c2ccccc12)C1CC1. The molecule has 0 bridgehead atoms. The second kappa shape index (κ2) is 4.32. The molecule has 0 spiro atoms. The van der Waals surface area contributed by atoms with E-state index < -0.39 is 0 Å². The maximum absolute atomic E-state index is 6.25. The van der Waals surface area contributed by atoms with E-state index in [-0.39, 0.29) is 0 Å². The lowest BCUT2D eigenvalue weighted by molar-refractivity contribution is 0.532. The van der Waals surface area contributed by atoms with Gasteiger partial charge in [-0.05, 0) is 42.8 Å². The molecule has 3 rings (SSSR count). The Kier molecular flexibility index (Phi) is 2.81. The largest absolute Gasteiger partial charge is 0.313 e. The molecule has 2 aromatic carbocycles. The summed E-state index contributed by atoms with van der Waals surface area (Å²) in [5.74, 6) is 0.796. The molecule has 0 saturated heterocycles. The molecule has 0 radical (unpaired) electrons. The molecule has 2 heteroatoms. The van der Waals surface area contributed by atoms with E-state index >= 15 is 0 Å². The maximum atomic E-state index is 6.25. The molecular formula is C15H16ClN. The zero-order valence-electron chi connectivity index (χ0n) is 9.91. The second-order valence-corrected chi connectivity index (χ2v) is 5.19. The number of hydrogen-bond donors (Lipinski definition) is 1. The van der Waals surface area contributed by atoms with Gasteiger partial charge in [0.25, 0.3) is 0 Å². The Morgan fingerprint density at radius 1 is 1.12 bits per heavy atom. The number of fused-ring (bicyclic) bond motifs is 1. The normalized spacial score (nSPS) is 17.3. The topological polar surface area (TPSA) is 12.0 Å². The summed E-state index contributed by atoms with van der Waals surface area (Å²) in [6.07, 6.45) is 2.67. The van der Waals surface area contributed by atoms with Crippen molar-refractivity contribution >= 4 is 22.4 Å². The van der Waals surface area contributed by atoms with Gasteiger partial charge in [0.15, 0.2) is 0 Å². The third-order valence-corrected chi connectivity index (χ3v) is 3.97. The average Bonchev–Trinajstić information content (AvgIpc) is 3.18. The predicted octanol–water partition coefficient (Wildman–Crippen LogP) is 4.16. The molecular weight excluding hydrogens is 230 g/mol. The number of benzene rings is 2. The zero-order valence-corrected chi connectivity index (χ0v) is 10.7. The quantitative estimate of drug-likeness (QED) is 0.856. The van der Waals surface area contributed by atoms with Crippen molar-refractivity contribution < 1.29 is 0 Å². The molecule has 1 N–H and O–H groups in total. The van der Waals surface area contributed by atoms with E-state index in [4.69, 9.17) is 11.6 Å². The summed E-state index contributed by atoms with van der Waals surface area (Å²) in [4.78, 5) is 0. The van der Waals surface area contributed by atoms with E-state index in [0.29, 0.717) is 6.04 Å². The van der Waals surface area contributed by atoms with Crippen molar-refractivity contribution in [3.8, 4) is 0 Å². The van der Waals surface area contributed by atoms with Gasteiger partial charge in [0.1, 0.15) is 0 Å². The molecule has 0 amide bonds. The monoisotopic (exact) mass is 245 g/mol. The Balaban J connectivity index is 2.18. The van der Waals surface area contributed by atoms with Crippen molar-refractivity contribution in [1.29, 1.82) is 0 Å². The minimum Gasteiger partial charge on any atom is -0.313 e. The van der Waals surface area contributed by atoms with E-state index in [1.54, 1.807) is 0 Å². The molecule has 1 aliphatic carbocycles. The van der Waals surface area contributed by atoms with Gasteiger partial charge in [0, 0.05) is 16.5 Å². The molecule has 1 unspecified atom stereocenters. The molecule has 0 heterocycles. The average molecular weight is 246 g/mol. The standard InChI is InChI=1S/C15H16ClN/c1-17-15(10-6-7-10)13-8-9-14(16)12-5-3-2-4-11(12)13/h2-5,8-10,15,17H,6-7H2,1H3. The van der Waals surface area contributed by atoms with Crippen LogP contribution in [0.4, 0.5) is 0 Å². The lowest BCUT2D eigenvalue weighted by atomic mass is 9.96. The van der Waals surface area contributed by atoms with Crippen LogP contribution in [0.3, 0.4) is 0 Å². The first-order valence-corrected chi connectivity index (χ1v) is 6.53. The van der Waals surface area contributed by atoms with Gasteiger partial charge in [0.05, 0.1) is 0 Å². The van der Waals surface area contributed by atoms with Gasteiger partial charge in [-0.1, -0.05) is 41.9 Å². The molecule has 1 fully saturated rings. The van der Waals surface area contributed by atoms with Gasteiger partial charge in [-0.15, -0.1) is 0 Å². The first kappa shape index (κ1) is 11.1. The Labute approximate surface area is 107 Å². The summed E-state index contributed by atoms with van der Waals surface area (Å²) >= 11 is 6.25. The highest BCUT2D eigenvalue weighted by Crippen LogP contribution is 2.43. The number of nitrogens with one attached hydrogen (secondary N) is 1. The Morgan fingerprint density at radius 2 is 1.82 bits per heavy atom. The first-order chi connectivity index (χ1) is 8.31. The molecule has 1 aliphatic rings. The van der Waals surface area contributed by atoms with Crippen LogP contribution in [0.15, 0.2) is 36.4 Å². The maximum Gasteiger partial charge on any atom is 0.0484 e. The van der Waals surface area contributed by atoms with E-state index in [0.717, 1.165) is 16.3 Å². The summed E-state index contributed by atoms with van der Waals surface area (Å²) in [6, 6.07) is 13.1. The number of halogens is 1. The minimum atomic E-state index is 0.470. The van der Waals surface area contributed by atoms with Gasteiger partial charge >= 0.3 is 0 Å². The molecule has 1 atom stereocenters. The number of rotatable bonds is 3. The third kappa shape index (κ3) is 1.94. The lowest BCUT2D eigenvalue weighted by Gasteiger charge is -2.18. The highest BCUT2D eigenvalue weighted by Gasteiger charge is 2.32. The summed E-state index contributed by atoms with van der Waals surface area (Å²) < 4.78 is 0. The molecule has 1 saturated carbocycles. The molecule has 1 nitrogen and oxygen atoms in total. The van der Waals surface area contributed by atoms with Crippen LogP contribution < -0.4 is 5.32 Å². The van der Waals surface area contributed by atoms with Crippen LogP contribution in [0, 0.1) is 5.92 Å². The minimum absolute atomic E-state index is 0.470. The van der Waals surface area contributed by atoms with Crippen molar-refractivity contribution in [1.82, 2.24) is 5.32 Å². The molecule has 17 heavy (non-hydrogen) atoms. The number of hydrogen-bond acceptors (Lipinski definition) is 1. The van der Waals surface area contributed by atoms with E-state index in [9.17, 15) is 0 Å². The van der Waals surface area contributed by atoms with Gasteiger partial charge in [-0.2, -0.15) is 0 Å². The van der Waals surface area contributed by atoms with Crippen LogP contribution in [0.1, 0.15) is 24.4 Å². The van der Waals surface area contributed by atoms with E-state index in [2.05, 4.69) is 29.6 Å². The van der Waals surface area contributed by atoms with Crippen molar-refractivity contribution in [3.05, 3.63) is 47.0 Å². The second-order valence-electron chi connectivity index (χ2n) is 4.79. The molecule has 0 aromatic heterocycles. The Bertz CT molecular complexity index is 546. The van der Waals surface area contributed by atoms with Crippen LogP contribution in [-0.2, 0) is 0 Å². The molecule has 88 valence electrons. The van der Waals surface area contributed by atoms with Crippen LogP contribution in [0.5, 0.6) is 0 Å². The van der Waals surface area contributed by atoms with Crippen LogP contribution in [0.2, 0.25) is 5.02 Å². The first-order valence-electron chi connectivity index (χ1n) is 6.15. The van der Waals surface area contributed by atoms with Crippen molar-refractivity contribution in [2.45, 2.75) is 18.9 Å².